The maximum absolute atomic E-state index is 13.5. The summed E-state index contributed by atoms with van der Waals surface area (Å²) in [6.07, 6.45) is 1.05. The van der Waals surface area contributed by atoms with Crippen molar-refractivity contribution in [2.24, 2.45) is 0 Å². The van der Waals surface area contributed by atoms with Crippen LogP contribution in [0.2, 0.25) is 0 Å². The number of halogens is 2. The molecule has 1 aliphatic heterocycles. The number of hydrogen-bond donors (Lipinski definition) is 0. The van der Waals surface area contributed by atoms with E-state index in [2.05, 4.69) is 9.72 Å². The Labute approximate surface area is 120 Å². The van der Waals surface area contributed by atoms with Gasteiger partial charge in [0.2, 0.25) is 5.95 Å². The molecule has 0 bridgehead atoms. The standard InChI is InChI=1S/C13H15F2N3O3/c1-21-10(19)8-17-4-6-18(7-5-17)13(20)9-2-3-16-12(15)11(9)14/h2-3H,4-8H2,1H3. The molecule has 6 nitrogen and oxygen atoms in total. The first-order valence-corrected chi connectivity index (χ1v) is 6.41. The zero-order valence-corrected chi connectivity index (χ0v) is 11.5. The molecule has 2 heterocycles. The molecule has 1 aromatic heterocycles. The van der Waals surface area contributed by atoms with Gasteiger partial charge in [-0.1, -0.05) is 0 Å². The van der Waals surface area contributed by atoms with Crippen LogP contribution in [0.25, 0.3) is 0 Å². The molecule has 1 aromatic rings. The highest BCUT2D eigenvalue weighted by atomic mass is 19.2. The second-order valence-corrected chi connectivity index (χ2v) is 4.61. The summed E-state index contributed by atoms with van der Waals surface area (Å²) in [4.78, 5) is 29.7. The molecule has 114 valence electrons. The maximum atomic E-state index is 13.5. The molecule has 21 heavy (non-hydrogen) atoms. The van der Waals surface area contributed by atoms with Crippen LogP contribution in [0.1, 0.15) is 10.4 Å². The van der Waals surface area contributed by atoms with Crippen molar-refractivity contribution in [3.05, 3.63) is 29.6 Å². The molecule has 0 aromatic carbocycles. The molecule has 1 aliphatic rings. The number of carbonyl (C=O) groups excluding carboxylic acids is 2. The van der Waals surface area contributed by atoms with Crippen LogP contribution in [0.4, 0.5) is 8.78 Å². The van der Waals surface area contributed by atoms with Crippen molar-refractivity contribution < 1.29 is 23.1 Å². The summed E-state index contributed by atoms with van der Waals surface area (Å²) in [5.74, 6) is -3.45. The molecule has 1 amide bonds. The van der Waals surface area contributed by atoms with Crippen LogP contribution >= 0.6 is 0 Å². The van der Waals surface area contributed by atoms with Gasteiger partial charge < -0.3 is 9.64 Å². The van der Waals surface area contributed by atoms with Gasteiger partial charge >= 0.3 is 5.97 Å². The maximum Gasteiger partial charge on any atom is 0.319 e. The van der Waals surface area contributed by atoms with Crippen molar-refractivity contribution in [1.82, 2.24) is 14.8 Å². The minimum absolute atomic E-state index is 0.150. The SMILES string of the molecule is COC(=O)CN1CCN(C(=O)c2ccnc(F)c2F)CC1. The number of aromatic nitrogens is 1. The minimum atomic E-state index is -1.29. The summed E-state index contributed by atoms with van der Waals surface area (Å²) in [5.41, 5.74) is -0.330. The first-order chi connectivity index (χ1) is 10.0. The molecule has 0 saturated carbocycles. The zero-order chi connectivity index (χ0) is 15.4. The van der Waals surface area contributed by atoms with E-state index in [9.17, 15) is 18.4 Å². The zero-order valence-electron chi connectivity index (χ0n) is 11.5. The van der Waals surface area contributed by atoms with Crippen molar-refractivity contribution in [1.29, 1.82) is 0 Å². The Bertz CT molecular complexity index is 545. The van der Waals surface area contributed by atoms with E-state index in [0.717, 1.165) is 12.3 Å². The average molecular weight is 299 g/mol. The number of pyridine rings is 1. The van der Waals surface area contributed by atoms with Gasteiger partial charge in [0.15, 0.2) is 5.82 Å². The van der Waals surface area contributed by atoms with Gasteiger partial charge in [0.25, 0.3) is 5.91 Å². The fourth-order valence-electron chi connectivity index (χ4n) is 2.11. The predicted octanol–water partition coefficient (Wildman–Crippen LogP) is 0.291. The van der Waals surface area contributed by atoms with E-state index in [0.29, 0.717) is 26.2 Å². The molecule has 0 N–H and O–H groups in total. The molecule has 1 fully saturated rings. The fourth-order valence-corrected chi connectivity index (χ4v) is 2.11. The Balaban J connectivity index is 1.97. The molecule has 8 heteroatoms. The highest BCUT2D eigenvalue weighted by Crippen LogP contribution is 2.13. The number of nitrogens with zero attached hydrogens (tertiary/aromatic N) is 3. The molecule has 0 spiro atoms. The van der Waals surface area contributed by atoms with E-state index in [4.69, 9.17) is 0 Å². The largest absolute Gasteiger partial charge is 0.468 e. The summed E-state index contributed by atoms with van der Waals surface area (Å²) < 4.78 is 31.1. The fraction of sp³-hybridized carbons (Fsp3) is 0.462. The van der Waals surface area contributed by atoms with Gasteiger partial charge in [-0.2, -0.15) is 4.39 Å². The van der Waals surface area contributed by atoms with Crippen LogP contribution < -0.4 is 0 Å². The van der Waals surface area contributed by atoms with Gasteiger partial charge in [-0.3, -0.25) is 14.5 Å². The number of methoxy groups -OCH3 is 1. The number of hydrogen-bond acceptors (Lipinski definition) is 5. The van der Waals surface area contributed by atoms with Gasteiger partial charge in [0.1, 0.15) is 0 Å². The van der Waals surface area contributed by atoms with E-state index in [1.165, 1.54) is 12.0 Å². The van der Waals surface area contributed by atoms with Crippen LogP contribution in [0, 0.1) is 11.8 Å². The highest BCUT2D eigenvalue weighted by molar-refractivity contribution is 5.94. The van der Waals surface area contributed by atoms with Gasteiger partial charge in [0, 0.05) is 32.4 Å². The normalized spacial score (nSPS) is 15.9. The Morgan fingerprint density at radius 3 is 2.57 bits per heavy atom. The number of carbonyl (C=O) groups is 2. The first-order valence-electron chi connectivity index (χ1n) is 6.41. The van der Waals surface area contributed by atoms with E-state index >= 15 is 0 Å². The second-order valence-electron chi connectivity index (χ2n) is 4.61. The third-order valence-electron chi connectivity index (χ3n) is 3.32. The number of piperazine rings is 1. The molecule has 2 rings (SSSR count). The molecule has 0 aliphatic carbocycles. The lowest BCUT2D eigenvalue weighted by atomic mass is 10.2. The lowest BCUT2D eigenvalue weighted by Crippen LogP contribution is -2.50. The lowest BCUT2D eigenvalue weighted by Gasteiger charge is -2.34. The first kappa shape index (κ1) is 15.3. The van der Waals surface area contributed by atoms with Crippen LogP contribution in [0.5, 0.6) is 0 Å². The third-order valence-corrected chi connectivity index (χ3v) is 3.32. The average Bonchev–Trinajstić information content (AvgIpc) is 2.50. The monoisotopic (exact) mass is 299 g/mol. The van der Waals surface area contributed by atoms with Crippen molar-refractivity contribution in [2.45, 2.75) is 0 Å². The lowest BCUT2D eigenvalue weighted by molar-refractivity contribution is -0.142. The number of rotatable bonds is 3. The van der Waals surface area contributed by atoms with Gasteiger partial charge in [0.05, 0.1) is 19.2 Å². The van der Waals surface area contributed by atoms with Crippen LogP contribution in [-0.2, 0) is 9.53 Å². The molecular weight excluding hydrogens is 284 g/mol. The summed E-state index contributed by atoms with van der Waals surface area (Å²) in [6.45, 7) is 1.75. The molecule has 0 unspecified atom stereocenters. The Hall–Kier alpha value is -2.09. The van der Waals surface area contributed by atoms with Crippen molar-refractivity contribution in [3.63, 3.8) is 0 Å². The number of ether oxygens (including phenoxy) is 1. The molecular formula is C13H15F2N3O3. The second kappa shape index (κ2) is 6.57. The van der Waals surface area contributed by atoms with Gasteiger partial charge in [-0.05, 0) is 6.07 Å². The summed E-state index contributed by atoms with van der Waals surface area (Å²) in [5, 5.41) is 0. The summed E-state index contributed by atoms with van der Waals surface area (Å²) >= 11 is 0. The van der Waals surface area contributed by atoms with Crippen LogP contribution in [-0.4, -0.2) is 66.5 Å². The number of amides is 1. The summed E-state index contributed by atoms with van der Waals surface area (Å²) in [6, 6.07) is 1.15. The number of esters is 1. The summed E-state index contributed by atoms with van der Waals surface area (Å²) in [7, 11) is 1.31. The Morgan fingerprint density at radius 2 is 1.95 bits per heavy atom. The third kappa shape index (κ3) is 3.52. The highest BCUT2D eigenvalue weighted by Gasteiger charge is 2.26. The van der Waals surface area contributed by atoms with Gasteiger partial charge in [-0.25, -0.2) is 9.37 Å². The van der Waals surface area contributed by atoms with Crippen molar-refractivity contribution >= 4 is 11.9 Å². The minimum Gasteiger partial charge on any atom is -0.468 e. The topological polar surface area (TPSA) is 62.7 Å². The molecule has 0 radical (unpaired) electrons. The quantitative estimate of drug-likeness (QED) is 0.593. The van der Waals surface area contributed by atoms with Crippen LogP contribution in [0.3, 0.4) is 0 Å². The van der Waals surface area contributed by atoms with Crippen LogP contribution in [0.15, 0.2) is 12.3 Å². The van der Waals surface area contributed by atoms with Gasteiger partial charge in [-0.15, -0.1) is 0 Å². The Morgan fingerprint density at radius 1 is 1.29 bits per heavy atom. The molecule has 0 atom stereocenters. The Kier molecular flexibility index (Phi) is 4.79. The smallest absolute Gasteiger partial charge is 0.319 e. The van der Waals surface area contributed by atoms with E-state index in [1.807, 2.05) is 4.90 Å². The van der Waals surface area contributed by atoms with E-state index in [1.54, 1.807) is 0 Å². The van der Waals surface area contributed by atoms with Crippen molar-refractivity contribution in [2.75, 3.05) is 39.8 Å². The predicted molar refractivity (Wildman–Crippen MR) is 68.5 cm³/mol. The van der Waals surface area contributed by atoms with Crippen molar-refractivity contribution in [3.8, 4) is 0 Å². The van der Waals surface area contributed by atoms with E-state index < -0.39 is 17.7 Å². The molecule has 1 saturated heterocycles. The van der Waals surface area contributed by atoms with E-state index in [-0.39, 0.29) is 18.1 Å².